The SMILES string of the molecule is CN1CCO[C@H](c2ccccc2)C(c2ccc3ccccc3c2)C1. The lowest BCUT2D eigenvalue weighted by molar-refractivity contribution is 0.0507. The van der Waals surface area contributed by atoms with E-state index in [1.165, 1.54) is 21.9 Å². The molecule has 0 spiro atoms. The van der Waals surface area contributed by atoms with Crippen molar-refractivity contribution < 1.29 is 4.74 Å². The van der Waals surface area contributed by atoms with E-state index < -0.39 is 0 Å². The van der Waals surface area contributed by atoms with E-state index >= 15 is 0 Å². The number of hydrogen-bond acceptors (Lipinski definition) is 2. The maximum atomic E-state index is 6.30. The van der Waals surface area contributed by atoms with Gasteiger partial charge in [-0.2, -0.15) is 0 Å². The molecule has 0 radical (unpaired) electrons. The Morgan fingerprint density at radius 3 is 2.42 bits per heavy atom. The topological polar surface area (TPSA) is 12.5 Å². The molecule has 0 saturated carbocycles. The molecule has 1 fully saturated rings. The van der Waals surface area contributed by atoms with E-state index in [4.69, 9.17) is 4.74 Å². The van der Waals surface area contributed by atoms with Crippen molar-refractivity contribution in [1.29, 1.82) is 0 Å². The molecule has 0 amide bonds. The molecule has 0 bridgehead atoms. The van der Waals surface area contributed by atoms with Crippen molar-refractivity contribution in [3.63, 3.8) is 0 Å². The van der Waals surface area contributed by atoms with E-state index in [1.54, 1.807) is 0 Å². The fourth-order valence-electron chi connectivity index (χ4n) is 3.66. The molecule has 1 unspecified atom stereocenters. The predicted octanol–water partition coefficient (Wildman–Crippen LogP) is 4.63. The van der Waals surface area contributed by atoms with Gasteiger partial charge in [-0.25, -0.2) is 0 Å². The van der Waals surface area contributed by atoms with Crippen LogP contribution in [-0.2, 0) is 4.74 Å². The molecule has 1 heterocycles. The number of rotatable bonds is 2. The largest absolute Gasteiger partial charge is 0.372 e. The third kappa shape index (κ3) is 3.08. The molecule has 2 heteroatoms. The summed E-state index contributed by atoms with van der Waals surface area (Å²) in [5.41, 5.74) is 2.63. The average molecular weight is 317 g/mol. The highest BCUT2D eigenvalue weighted by atomic mass is 16.5. The Kier molecular flexibility index (Phi) is 4.33. The van der Waals surface area contributed by atoms with Crippen LogP contribution in [-0.4, -0.2) is 31.6 Å². The molecule has 1 saturated heterocycles. The molecule has 3 aromatic rings. The molecule has 0 N–H and O–H groups in total. The molecule has 24 heavy (non-hydrogen) atoms. The summed E-state index contributed by atoms with van der Waals surface area (Å²) in [5.74, 6) is 0.338. The lowest BCUT2D eigenvalue weighted by Crippen LogP contribution is -2.25. The van der Waals surface area contributed by atoms with Gasteiger partial charge in [-0.3, -0.25) is 0 Å². The third-order valence-corrected chi connectivity index (χ3v) is 4.97. The summed E-state index contributed by atoms with van der Waals surface area (Å²) in [6.45, 7) is 2.77. The van der Waals surface area contributed by atoms with Gasteiger partial charge in [0.25, 0.3) is 0 Å². The van der Waals surface area contributed by atoms with Crippen LogP contribution in [0.25, 0.3) is 10.8 Å². The van der Waals surface area contributed by atoms with Gasteiger partial charge in [-0.15, -0.1) is 0 Å². The first-order valence-electron chi connectivity index (χ1n) is 8.65. The maximum absolute atomic E-state index is 6.30. The molecule has 2 atom stereocenters. The van der Waals surface area contributed by atoms with Crippen molar-refractivity contribution >= 4 is 10.8 Å². The second-order valence-corrected chi connectivity index (χ2v) is 6.68. The van der Waals surface area contributed by atoms with Crippen molar-refractivity contribution in [2.24, 2.45) is 0 Å². The van der Waals surface area contributed by atoms with Gasteiger partial charge in [0.2, 0.25) is 0 Å². The van der Waals surface area contributed by atoms with Crippen molar-refractivity contribution in [2.75, 3.05) is 26.7 Å². The van der Waals surface area contributed by atoms with E-state index in [0.29, 0.717) is 5.92 Å². The quantitative estimate of drug-likeness (QED) is 0.683. The number of benzene rings is 3. The van der Waals surface area contributed by atoms with E-state index in [1.807, 2.05) is 0 Å². The monoisotopic (exact) mass is 317 g/mol. The predicted molar refractivity (Wildman–Crippen MR) is 99.3 cm³/mol. The summed E-state index contributed by atoms with van der Waals surface area (Å²) in [6, 6.07) is 26.0. The summed E-state index contributed by atoms with van der Waals surface area (Å²) in [5, 5.41) is 2.59. The van der Waals surface area contributed by atoms with Crippen LogP contribution in [0.5, 0.6) is 0 Å². The minimum atomic E-state index is 0.109. The van der Waals surface area contributed by atoms with Crippen LogP contribution >= 0.6 is 0 Å². The van der Waals surface area contributed by atoms with Gasteiger partial charge in [0.15, 0.2) is 0 Å². The van der Waals surface area contributed by atoms with Gasteiger partial charge in [-0.05, 0) is 28.9 Å². The highest BCUT2D eigenvalue weighted by molar-refractivity contribution is 5.83. The molecule has 3 aromatic carbocycles. The minimum absolute atomic E-state index is 0.109. The van der Waals surface area contributed by atoms with E-state index in [2.05, 4.69) is 84.7 Å². The van der Waals surface area contributed by atoms with E-state index in [0.717, 1.165) is 19.7 Å². The van der Waals surface area contributed by atoms with Crippen LogP contribution in [0.15, 0.2) is 72.8 Å². The number of fused-ring (bicyclic) bond motifs is 1. The van der Waals surface area contributed by atoms with Crippen molar-refractivity contribution in [1.82, 2.24) is 4.90 Å². The Balaban J connectivity index is 1.77. The van der Waals surface area contributed by atoms with Gasteiger partial charge in [-0.1, -0.05) is 72.8 Å². The first-order chi connectivity index (χ1) is 11.8. The molecule has 122 valence electrons. The second-order valence-electron chi connectivity index (χ2n) is 6.68. The summed E-state index contributed by atoms with van der Waals surface area (Å²) < 4.78 is 6.30. The lowest BCUT2D eigenvalue weighted by atomic mass is 9.87. The zero-order valence-corrected chi connectivity index (χ0v) is 14.1. The molecule has 1 aliphatic heterocycles. The summed E-state index contributed by atoms with van der Waals surface area (Å²) in [7, 11) is 2.19. The fraction of sp³-hybridized carbons (Fsp3) is 0.273. The Labute approximate surface area is 143 Å². The molecule has 4 rings (SSSR count). The van der Waals surface area contributed by atoms with Gasteiger partial charge in [0.05, 0.1) is 12.7 Å². The van der Waals surface area contributed by atoms with Crippen molar-refractivity contribution in [3.05, 3.63) is 83.9 Å². The first-order valence-corrected chi connectivity index (χ1v) is 8.65. The van der Waals surface area contributed by atoms with Crippen LogP contribution in [0.1, 0.15) is 23.1 Å². The van der Waals surface area contributed by atoms with Crippen LogP contribution in [0.2, 0.25) is 0 Å². The standard InChI is InChI=1S/C22H23NO/c1-23-13-14-24-22(18-8-3-2-4-9-18)21(16-23)20-12-11-17-7-5-6-10-19(17)15-20/h2-12,15,21-22H,13-14,16H2,1H3/t21?,22-/m1/s1. The highest BCUT2D eigenvalue weighted by Gasteiger charge is 2.29. The Morgan fingerprint density at radius 2 is 1.58 bits per heavy atom. The van der Waals surface area contributed by atoms with Gasteiger partial charge in [0.1, 0.15) is 0 Å². The number of hydrogen-bond donors (Lipinski definition) is 0. The van der Waals surface area contributed by atoms with E-state index in [-0.39, 0.29) is 6.10 Å². The molecule has 2 nitrogen and oxygen atoms in total. The number of likely N-dealkylation sites (N-methyl/N-ethyl adjacent to an activating group) is 1. The van der Waals surface area contributed by atoms with Gasteiger partial charge >= 0.3 is 0 Å². The smallest absolute Gasteiger partial charge is 0.0906 e. The Bertz CT molecular complexity index is 814. The normalized spacial score (nSPS) is 22.4. The fourth-order valence-corrected chi connectivity index (χ4v) is 3.66. The van der Waals surface area contributed by atoms with Crippen LogP contribution in [0.3, 0.4) is 0 Å². The highest BCUT2D eigenvalue weighted by Crippen LogP contribution is 2.37. The average Bonchev–Trinajstić information content (AvgIpc) is 2.83. The van der Waals surface area contributed by atoms with Crippen molar-refractivity contribution in [2.45, 2.75) is 12.0 Å². The van der Waals surface area contributed by atoms with Gasteiger partial charge in [0, 0.05) is 19.0 Å². The summed E-state index contributed by atoms with van der Waals surface area (Å²) in [4.78, 5) is 2.38. The minimum Gasteiger partial charge on any atom is -0.372 e. The van der Waals surface area contributed by atoms with Crippen molar-refractivity contribution in [3.8, 4) is 0 Å². The number of ether oxygens (including phenoxy) is 1. The summed E-state index contributed by atoms with van der Waals surface area (Å²) in [6.07, 6.45) is 0.109. The van der Waals surface area contributed by atoms with E-state index in [9.17, 15) is 0 Å². The Morgan fingerprint density at radius 1 is 0.833 bits per heavy atom. The molecule has 0 aromatic heterocycles. The first kappa shape index (κ1) is 15.4. The van der Waals surface area contributed by atoms with Gasteiger partial charge < -0.3 is 9.64 Å². The lowest BCUT2D eigenvalue weighted by Gasteiger charge is -2.27. The molecular formula is C22H23NO. The second kappa shape index (κ2) is 6.76. The maximum Gasteiger partial charge on any atom is 0.0906 e. The van der Waals surface area contributed by atoms with Crippen LogP contribution in [0.4, 0.5) is 0 Å². The van der Waals surface area contributed by atoms with Crippen LogP contribution < -0.4 is 0 Å². The summed E-state index contributed by atoms with van der Waals surface area (Å²) >= 11 is 0. The molecule has 1 aliphatic rings. The zero-order chi connectivity index (χ0) is 16.4. The molecular weight excluding hydrogens is 294 g/mol. The van der Waals surface area contributed by atoms with Crippen LogP contribution in [0, 0.1) is 0 Å². The Hall–Kier alpha value is -2.16. The molecule has 0 aliphatic carbocycles. The zero-order valence-electron chi connectivity index (χ0n) is 14.1. The third-order valence-electron chi connectivity index (χ3n) is 4.97. The number of nitrogens with zero attached hydrogens (tertiary/aromatic N) is 1.